The van der Waals surface area contributed by atoms with Crippen LogP contribution in [0.1, 0.15) is 57.9 Å². The standard InChI is InChI=1S/C23H35N3O5/c1-4-30-23(29)26-14-11-19(12-15-26)25-21(27)6-5-13-24-22(28)16-31-20-9-7-18(8-10-20)17(2)3/h7-10,17,19H,4-6,11-16H2,1-3H3,(H,24,28)(H,25,27). The van der Waals surface area contributed by atoms with Crippen LogP contribution in [0.3, 0.4) is 0 Å². The third kappa shape index (κ3) is 8.86. The SMILES string of the molecule is CCOC(=O)N1CCC(NC(=O)CCCNC(=O)COc2ccc(C(C)C)cc2)CC1. The molecule has 8 heteroatoms. The van der Waals surface area contributed by atoms with Crippen LogP contribution in [0.15, 0.2) is 24.3 Å². The van der Waals surface area contributed by atoms with Gasteiger partial charge in [0, 0.05) is 32.1 Å². The summed E-state index contributed by atoms with van der Waals surface area (Å²) in [5, 5.41) is 5.77. The zero-order valence-electron chi connectivity index (χ0n) is 18.8. The molecule has 3 amide bonds. The van der Waals surface area contributed by atoms with Crippen LogP contribution in [0.4, 0.5) is 4.79 Å². The minimum absolute atomic E-state index is 0.0367. The summed E-state index contributed by atoms with van der Waals surface area (Å²) in [6.07, 6.45) is 2.05. The molecule has 1 aliphatic rings. The zero-order chi connectivity index (χ0) is 22.6. The molecule has 1 aromatic rings. The van der Waals surface area contributed by atoms with E-state index in [-0.39, 0.29) is 30.6 Å². The van der Waals surface area contributed by atoms with Crippen molar-refractivity contribution in [3.63, 3.8) is 0 Å². The Labute approximate surface area is 184 Å². The molecule has 1 heterocycles. The van der Waals surface area contributed by atoms with Crippen molar-refractivity contribution in [3.05, 3.63) is 29.8 Å². The molecule has 0 saturated carbocycles. The predicted octanol–water partition coefficient (Wildman–Crippen LogP) is 2.82. The second kappa shape index (κ2) is 12.8. The van der Waals surface area contributed by atoms with Gasteiger partial charge in [0.25, 0.3) is 5.91 Å². The number of hydrogen-bond acceptors (Lipinski definition) is 5. The monoisotopic (exact) mass is 433 g/mol. The highest BCUT2D eigenvalue weighted by atomic mass is 16.6. The van der Waals surface area contributed by atoms with E-state index in [0.29, 0.717) is 50.8 Å². The number of benzene rings is 1. The van der Waals surface area contributed by atoms with Gasteiger partial charge in [0.2, 0.25) is 5.91 Å². The average Bonchev–Trinajstić information content (AvgIpc) is 2.76. The van der Waals surface area contributed by atoms with Crippen molar-refractivity contribution in [1.82, 2.24) is 15.5 Å². The Balaban J connectivity index is 1.54. The summed E-state index contributed by atoms with van der Waals surface area (Å²) in [5.41, 5.74) is 1.22. The fraction of sp³-hybridized carbons (Fsp3) is 0.609. The van der Waals surface area contributed by atoms with Crippen LogP contribution in [-0.4, -0.2) is 61.7 Å². The largest absolute Gasteiger partial charge is 0.484 e. The number of nitrogens with one attached hydrogen (secondary N) is 2. The Kier molecular flexibility index (Phi) is 10.1. The molecule has 2 rings (SSSR count). The summed E-state index contributed by atoms with van der Waals surface area (Å²) in [6.45, 7) is 7.93. The predicted molar refractivity (Wildman–Crippen MR) is 118 cm³/mol. The Bertz CT molecular complexity index is 712. The first-order valence-electron chi connectivity index (χ1n) is 11.1. The molecule has 0 spiro atoms. The number of carbonyl (C=O) groups is 3. The number of nitrogens with zero attached hydrogens (tertiary/aromatic N) is 1. The summed E-state index contributed by atoms with van der Waals surface area (Å²) in [5.74, 6) is 0.866. The molecule has 0 bridgehead atoms. The molecule has 1 fully saturated rings. The summed E-state index contributed by atoms with van der Waals surface area (Å²) < 4.78 is 10.5. The molecule has 1 aromatic carbocycles. The maximum atomic E-state index is 12.1. The van der Waals surface area contributed by atoms with Gasteiger partial charge in [0.1, 0.15) is 5.75 Å². The molecule has 8 nitrogen and oxygen atoms in total. The van der Waals surface area contributed by atoms with Crippen molar-refractivity contribution in [2.75, 3.05) is 32.8 Å². The van der Waals surface area contributed by atoms with Gasteiger partial charge in [0.15, 0.2) is 6.61 Å². The van der Waals surface area contributed by atoms with Crippen LogP contribution < -0.4 is 15.4 Å². The van der Waals surface area contributed by atoms with Crippen molar-refractivity contribution in [2.24, 2.45) is 0 Å². The van der Waals surface area contributed by atoms with Crippen molar-refractivity contribution in [3.8, 4) is 5.75 Å². The number of piperidine rings is 1. The van der Waals surface area contributed by atoms with E-state index in [1.807, 2.05) is 24.3 Å². The summed E-state index contributed by atoms with van der Waals surface area (Å²) in [6, 6.07) is 7.80. The number of likely N-dealkylation sites (tertiary alicyclic amines) is 1. The van der Waals surface area contributed by atoms with E-state index in [9.17, 15) is 14.4 Å². The van der Waals surface area contributed by atoms with Gasteiger partial charge in [-0.2, -0.15) is 0 Å². The minimum Gasteiger partial charge on any atom is -0.484 e. The van der Waals surface area contributed by atoms with Gasteiger partial charge in [-0.3, -0.25) is 9.59 Å². The lowest BCUT2D eigenvalue weighted by Crippen LogP contribution is -2.46. The van der Waals surface area contributed by atoms with Crippen molar-refractivity contribution in [1.29, 1.82) is 0 Å². The van der Waals surface area contributed by atoms with Crippen molar-refractivity contribution in [2.45, 2.75) is 58.4 Å². The van der Waals surface area contributed by atoms with Gasteiger partial charge in [-0.15, -0.1) is 0 Å². The Morgan fingerprint density at radius 3 is 2.39 bits per heavy atom. The first-order chi connectivity index (χ1) is 14.9. The highest BCUT2D eigenvalue weighted by Crippen LogP contribution is 2.18. The Morgan fingerprint density at radius 2 is 1.77 bits per heavy atom. The van der Waals surface area contributed by atoms with Gasteiger partial charge in [-0.05, 0) is 49.8 Å². The molecule has 0 aliphatic carbocycles. The van der Waals surface area contributed by atoms with Crippen molar-refractivity contribution >= 4 is 17.9 Å². The first-order valence-corrected chi connectivity index (χ1v) is 11.1. The fourth-order valence-electron chi connectivity index (χ4n) is 3.35. The third-order valence-corrected chi connectivity index (χ3v) is 5.21. The van der Waals surface area contributed by atoms with Crippen LogP contribution in [0.2, 0.25) is 0 Å². The van der Waals surface area contributed by atoms with Gasteiger partial charge in [0.05, 0.1) is 6.61 Å². The number of carbonyl (C=O) groups excluding carboxylic acids is 3. The third-order valence-electron chi connectivity index (χ3n) is 5.21. The molecular weight excluding hydrogens is 398 g/mol. The fourth-order valence-corrected chi connectivity index (χ4v) is 3.35. The van der Waals surface area contributed by atoms with Crippen LogP contribution in [0, 0.1) is 0 Å². The van der Waals surface area contributed by atoms with E-state index in [1.165, 1.54) is 5.56 Å². The number of ether oxygens (including phenoxy) is 2. The Morgan fingerprint density at radius 1 is 1.10 bits per heavy atom. The summed E-state index contributed by atoms with van der Waals surface area (Å²) in [4.78, 5) is 37.4. The molecule has 1 saturated heterocycles. The quantitative estimate of drug-likeness (QED) is 0.553. The van der Waals surface area contributed by atoms with Crippen LogP contribution in [-0.2, 0) is 14.3 Å². The topological polar surface area (TPSA) is 97.0 Å². The molecule has 0 aromatic heterocycles. The van der Waals surface area contributed by atoms with Gasteiger partial charge < -0.3 is 25.0 Å². The minimum atomic E-state index is -0.292. The molecule has 31 heavy (non-hydrogen) atoms. The molecule has 0 atom stereocenters. The number of amides is 3. The highest BCUT2D eigenvalue weighted by Gasteiger charge is 2.24. The first kappa shape index (κ1) is 24.5. The molecular formula is C23H35N3O5. The smallest absolute Gasteiger partial charge is 0.409 e. The summed E-state index contributed by atoms with van der Waals surface area (Å²) in [7, 11) is 0. The number of rotatable bonds is 10. The maximum Gasteiger partial charge on any atom is 0.409 e. The lowest BCUT2D eigenvalue weighted by Gasteiger charge is -2.31. The van der Waals surface area contributed by atoms with E-state index in [4.69, 9.17) is 9.47 Å². The molecule has 2 N–H and O–H groups in total. The van der Waals surface area contributed by atoms with E-state index in [2.05, 4.69) is 24.5 Å². The van der Waals surface area contributed by atoms with E-state index >= 15 is 0 Å². The van der Waals surface area contributed by atoms with E-state index < -0.39 is 0 Å². The van der Waals surface area contributed by atoms with Gasteiger partial charge >= 0.3 is 6.09 Å². The molecule has 0 radical (unpaired) electrons. The molecule has 172 valence electrons. The van der Waals surface area contributed by atoms with Crippen LogP contribution >= 0.6 is 0 Å². The Hall–Kier alpha value is -2.77. The average molecular weight is 434 g/mol. The highest BCUT2D eigenvalue weighted by molar-refractivity contribution is 5.78. The van der Waals surface area contributed by atoms with Gasteiger partial charge in [-0.25, -0.2) is 4.79 Å². The van der Waals surface area contributed by atoms with E-state index in [1.54, 1.807) is 11.8 Å². The number of hydrogen-bond donors (Lipinski definition) is 2. The molecule has 1 aliphatic heterocycles. The second-order valence-electron chi connectivity index (χ2n) is 7.99. The summed E-state index contributed by atoms with van der Waals surface area (Å²) >= 11 is 0. The van der Waals surface area contributed by atoms with E-state index in [0.717, 1.165) is 12.8 Å². The van der Waals surface area contributed by atoms with Crippen LogP contribution in [0.5, 0.6) is 5.75 Å². The second-order valence-corrected chi connectivity index (χ2v) is 7.99. The lowest BCUT2D eigenvalue weighted by molar-refractivity contribution is -0.124. The van der Waals surface area contributed by atoms with Crippen LogP contribution in [0.25, 0.3) is 0 Å². The lowest BCUT2D eigenvalue weighted by atomic mass is 10.0. The normalized spacial score (nSPS) is 14.3. The zero-order valence-corrected chi connectivity index (χ0v) is 18.8. The van der Waals surface area contributed by atoms with Gasteiger partial charge in [-0.1, -0.05) is 26.0 Å². The van der Waals surface area contributed by atoms with Crippen molar-refractivity contribution < 1.29 is 23.9 Å². The maximum absolute atomic E-state index is 12.1. The molecule has 0 unspecified atom stereocenters.